The van der Waals surface area contributed by atoms with E-state index in [0.717, 1.165) is 16.4 Å². The van der Waals surface area contributed by atoms with E-state index in [0.29, 0.717) is 17.6 Å². The summed E-state index contributed by atoms with van der Waals surface area (Å²) >= 11 is 1.40. The SMILES string of the molecule is CNc1cc(Sc2ncc(C)cn2)nc(COC)n1. The third-order valence-corrected chi connectivity index (χ3v) is 3.04. The minimum atomic E-state index is 0.373. The minimum absolute atomic E-state index is 0.373. The van der Waals surface area contributed by atoms with Gasteiger partial charge in [-0.1, -0.05) is 0 Å². The maximum Gasteiger partial charge on any atom is 0.193 e. The largest absolute Gasteiger partial charge is 0.377 e. The zero-order valence-corrected chi connectivity index (χ0v) is 11.9. The van der Waals surface area contributed by atoms with E-state index >= 15 is 0 Å². The molecule has 1 N–H and O–H groups in total. The highest BCUT2D eigenvalue weighted by molar-refractivity contribution is 7.99. The van der Waals surface area contributed by atoms with Crippen LogP contribution in [0.5, 0.6) is 0 Å². The topological polar surface area (TPSA) is 72.8 Å². The van der Waals surface area contributed by atoms with Gasteiger partial charge in [-0.3, -0.25) is 0 Å². The van der Waals surface area contributed by atoms with Crippen molar-refractivity contribution in [2.45, 2.75) is 23.7 Å². The van der Waals surface area contributed by atoms with Crippen molar-refractivity contribution >= 4 is 17.6 Å². The fraction of sp³-hybridized carbons (Fsp3) is 0.333. The van der Waals surface area contributed by atoms with Crippen LogP contribution in [0.4, 0.5) is 5.82 Å². The predicted octanol–water partition coefficient (Wildman–Crippen LogP) is 1.91. The van der Waals surface area contributed by atoms with Crippen LogP contribution in [-0.2, 0) is 11.3 Å². The highest BCUT2D eigenvalue weighted by Crippen LogP contribution is 2.24. The first-order chi connectivity index (χ1) is 9.21. The average molecular weight is 277 g/mol. The lowest BCUT2D eigenvalue weighted by Crippen LogP contribution is -2.02. The monoisotopic (exact) mass is 277 g/mol. The van der Waals surface area contributed by atoms with Crippen molar-refractivity contribution < 1.29 is 4.74 Å². The summed E-state index contributed by atoms with van der Waals surface area (Å²) in [5.41, 5.74) is 1.03. The number of nitrogens with zero attached hydrogens (tertiary/aromatic N) is 4. The van der Waals surface area contributed by atoms with E-state index in [1.165, 1.54) is 11.8 Å². The fourth-order valence-corrected chi connectivity index (χ4v) is 2.09. The van der Waals surface area contributed by atoms with Crippen LogP contribution in [0.1, 0.15) is 11.4 Å². The van der Waals surface area contributed by atoms with Gasteiger partial charge in [0.25, 0.3) is 0 Å². The van der Waals surface area contributed by atoms with Crippen molar-refractivity contribution in [3.8, 4) is 0 Å². The molecule has 0 aromatic carbocycles. The Morgan fingerprint density at radius 1 is 1.26 bits per heavy atom. The number of hydrogen-bond acceptors (Lipinski definition) is 7. The van der Waals surface area contributed by atoms with Gasteiger partial charge in [-0.15, -0.1) is 0 Å². The predicted molar refractivity (Wildman–Crippen MR) is 73.2 cm³/mol. The molecule has 2 aromatic rings. The Hall–Kier alpha value is -1.73. The molecule has 0 aliphatic heterocycles. The van der Waals surface area contributed by atoms with Crippen LogP contribution in [0.15, 0.2) is 28.6 Å². The summed E-state index contributed by atoms with van der Waals surface area (Å²) in [5, 5.41) is 4.45. The average Bonchev–Trinajstić information content (AvgIpc) is 2.41. The molecule has 0 amide bonds. The Morgan fingerprint density at radius 2 is 2.00 bits per heavy atom. The van der Waals surface area contributed by atoms with Gasteiger partial charge in [-0.25, -0.2) is 19.9 Å². The van der Waals surface area contributed by atoms with Gasteiger partial charge in [-0.05, 0) is 24.2 Å². The number of aryl methyl sites for hydroxylation is 1. The van der Waals surface area contributed by atoms with Crippen molar-refractivity contribution in [1.82, 2.24) is 19.9 Å². The summed E-state index contributed by atoms with van der Waals surface area (Å²) in [6.07, 6.45) is 3.57. The Morgan fingerprint density at radius 3 is 2.63 bits per heavy atom. The molecule has 2 aromatic heterocycles. The molecule has 0 saturated heterocycles. The molecule has 0 unspecified atom stereocenters. The Bertz CT molecular complexity index is 546. The van der Waals surface area contributed by atoms with Gasteiger partial charge in [0.2, 0.25) is 0 Å². The first kappa shape index (κ1) is 13.7. The molecule has 0 radical (unpaired) electrons. The highest BCUT2D eigenvalue weighted by Gasteiger charge is 2.07. The van der Waals surface area contributed by atoms with Crippen molar-refractivity contribution in [2.75, 3.05) is 19.5 Å². The van der Waals surface area contributed by atoms with E-state index in [9.17, 15) is 0 Å². The molecule has 2 rings (SSSR count). The van der Waals surface area contributed by atoms with Crippen molar-refractivity contribution in [3.05, 3.63) is 29.8 Å². The Balaban J connectivity index is 2.23. The minimum Gasteiger partial charge on any atom is -0.377 e. The summed E-state index contributed by atoms with van der Waals surface area (Å²) in [6.45, 7) is 2.33. The standard InChI is InChI=1S/C12H15N5OS/c1-8-5-14-12(15-6-8)19-11-4-9(13-2)16-10(17-11)7-18-3/h4-6H,7H2,1-3H3,(H,13,16,17). The van der Waals surface area contributed by atoms with Crippen LogP contribution in [0.3, 0.4) is 0 Å². The number of hydrogen-bond donors (Lipinski definition) is 1. The molecule has 0 aliphatic rings. The third kappa shape index (κ3) is 3.87. The van der Waals surface area contributed by atoms with Crippen LogP contribution in [0.2, 0.25) is 0 Å². The highest BCUT2D eigenvalue weighted by atomic mass is 32.2. The smallest absolute Gasteiger partial charge is 0.193 e. The Labute approximate surface area is 116 Å². The van der Waals surface area contributed by atoms with E-state index in [2.05, 4.69) is 25.3 Å². The summed E-state index contributed by atoms with van der Waals surface area (Å²) in [5.74, 6) is 1.38. The molecule has 6 nitrogen and oxygen atoms in total. The number of anilines is 1. The second-order valence-electron chi connectivity index (χ2n) is 3.84. The molecular weight excluding hydrogens is 262 g/mol. The van der Waals surface area contributed by atoms with Gasteiger partial charge in [0, 0.05) is 32.6 Å². The molecule has 0 fully saturated rings. The fourth-order valence-electron chi connectivity index (χ4n) is 1.37. The zero-order chi connectivity index (χ0) is 13.7. The molecule has 7 heteroatoms. The van der Waals surface area contributed by atoms with Crippen LogP contribution >= 0.6 is 11.8 Å². The van der Waals surface area contributed by atoms with Crippen molar-refractivity contribution in [3.63, 3.8) is 0 Å². The van der Waals surface area contributed by atoms with Gasteiger partial charge in [0.05, 0.1) is 0 Å². The quantitative estimate of drug-likeness (QED) is 0.661. The zero-order valence-electron chi connectivity index (χ0n) is 11.0. The van der Waals surface area contributed by atoms with E-state index in [1.807, 2.05) is 20.0 Å². The molecule has 0 aliphatic carbocycles. The lowest BCUT2D eigenvalue weighted by molar-refractivity contribution is 0.177. The van der Waals surface area contributed by atoms with Crippen LogP contribution in [0, 0.1) is 6.92 Å². The van der Waals surface area contributed by atoms with E-state index < -0.39 is 0 Å². The molecule has 0 bridgehead atoms. The molecular formula is C12H15N5OS. The number of rotatable bonds is 5. The van der Waals surface area contributed by atoms with Gasteiger partial charge >= 0.3 is 0 Å². The lowest BCUT2D eigenvalue weighted by atomic mass is 10.4. The number of nitrogens with one attached hydrogen (secondary N) is 1. The molecule has 19 heavy (non-hydrogen) atoms. The normalized spacial score (nSPS) is 10.5. The van der Waals surface area contributed by atoms with Gasteiger partial charge in [0.1, 0.15) is 17.5 Å². The van der Waals surface area contributed by atoms with Crippen molar-refractivity contribution in [1.29, 1.82) is 0 Å². The number of ether oxygens (including phenoxy) is 1. The van der Waals surface area contributed by atoms with Gasteiger partial charge in [-0.2, -0.15) is 0 Å². The van der Waals surface area contributed by atoms with E-state index in [4.69, 9.17) is 4.74 Å². The molecule has 0 atom stereocenters. The first-order valence-corrected chi connectivity index (χ1v) is 6.54. The second kappa shape index (κ2) is 6.44. The maximum atomic E-state index is 5.06. The van der Waals surface area contributed by atoms with Crippen molar-refractivity contribution in [2.24, 2.45) is 0 Å². The third-order valence-electron chi connectivity index (χ3n) is 2.23. The first-order valence-electron chi connectivity index (χ1n) is 5.72. The molecule has 0 saturated carbocycles. The number of methoxy groups -OCH3 is 1. The number of aromatic nitrogens is 4. The van der Waals surface area contributed by atoms with E-state index in [-0.39, 0.29) is 0 Å². The maximum absolute atomic E-state index is 5.06. The molecule has 0 spiro atoms. The van der Waals surface area contributed by atoms with Gasteiger partial charge < -0.3 is 10.1 Å². The summed E-state index contributed by atoms with van der Waals surface area (Å²) in [7, 11) is 3.43. The second-order valence-corrected chi connectivity index (χ2v) is 4.82. The molecule has 100 valence electrons. The lowest BCUT2D eigenvalue weighted by Gasteiger charge is -2.06. The van der Waals surface area contributed by atoms with Gasteiger partial charge in [0.15, 0.2) is 11.0 Å². The van der Waals surface area contributed by atoms with Crippen LogP contribution in [0.25, 0.3) is 0 Å². The summed E-state index contributed by atoms with van der Waals surface area (Å²) in [4.78, 5) is 17.2. The van der Waals surface area contributed by atoms with Crippen LogP contribution < -0.4 is 5.32 Å². The van der Waals surface area contributed by atoms with E-state index in [1.54, 1.807) is 19.5 Å². The van der Waals surface area contributed by atoms with Crippen LogP contribution in [-0.4, -0.2) is 34.1 Å². The summed E-state index contributed by atoms with van der Waals surface area (Å²) in [6, 6.07) is 1.85. The summed E-state index contributed by atoms with van der Waals surface area (Å²) < 4.78 is 5.06. The Kier molecular flexibility index (Phi) is 4.64. The molecule has 2 heterocycles.